The van der Waals surface area contributed by atoms with Crippen molar-refractivity contribution >= 4 is 56.2 Å². The maximum Gasteiger partial charge on any atom is 0.271 e. The number of halogens is 2. The Bertz CT molecular complexity index is 997. The maximum absolute atomic E-state index is 12.6. The number of nitrogens with zero attached hydrogens (tertiary/aromatic N) is 2. The van der Waals surface area contributed by atoms with E-state index in [1.807, 2.05) is 0 Å². The zero-order valence-corrected chi connectivity index (χ0v) is 16.5. The van der Waals surface area contributed by atoms with Crippen molar-refractivity contribution < 1.29 is 18.1 Å². The smallest absolute Gasteiger partial charge is 0.271 e. The lowest BCUT2D eigenvalue weighted by Gasteiger charge is -2.28. The molecule has 0 radical (unpaired) electrons. The number of amides is 1. The molecule has 0 spiro atoms. The van der Waals surface area contributed by atoms with Crippen LogP contribution in [0.3, 0.4) is 0 Å². The van der Waals surface area contributed by atoms with Crippen molar-refractivity contribution in [3.8, 4) is 0 Å². The number of sulfonamides is 1. The standard InChI is InChI=1S/C16H15Cl2N3O5S/c1-10(16(22)19-15-8-11(17)6-7-14(15)18)20(27(2,25)26)12-4-3-5-13(9-12)21(23)24/h3-10H,1-2H3,(H,19,22). The Morgan fingerprint density at radius 1 is 1.22 bits per heavy atom. The zero-order chi connectivity index (χ0) is 20.4. The summed E-state index contributed by atoms with van der Waals surface area (Å²) in [5.74, 6) is -0.684. The average Bonchev–Trinajstić information content (AvgIpc) is 2.57. The van der Waals surface area contributed by atoms with Gasteiger partial charge >= 0.3 is 0 Å². The van der Waals surface area contributed by atoms with Crippen LogP contribution in [0.4, 0.5) is 17.1 Å². The molecular formula is C16H15Cl2N3O5S. The predicted molar refractivity (Wildman–Crippen MR) is 105 cm³/mol. The molecule has 0 aliphatic rings. The van der Waals surface area contributed by atoms with Crippen molar-refractivity contribution in [2.45, 2.75) is 13.0 Å². The van der Waals surface area contributed by atoms with E-state index < -0.39 is 26.9 Å². The van der Waals surface area contributed by atoms with Crippen LogP contribution < -0.4 is 9.62 Å². The topological polar surface area (TPSA) is 110 Å². The highest BCUT2D eigenvalue weighted by atomic mass is 35.5. The van der Waals surface area contributed by atoms with Crippen LogP contribution in [0.5, 0.6) is 0 Å². The lowest BCUT2D eigenvalue weighted by Crippen LogP contribution is -2.45. The Hall–Kier alpha value is -2.36. The SMILES string of the molecule is CC(C(=O)Nc1cc(Cl)ccc1Cl)N(c1cccc([N+](=O)[O-])c1)S(C)(=O)=O. The fourth-order valence-corrected chi connectivity index (χ4v) is 3.89. The Morgan fingerprint density at radius 2 is 1.89 bits per heavy atom. The number of carbonyl (C=O) groups excluding carboxylic acids is 1. The van der Waals surface area contributed by atoms with Gasteiger partial charge in [-0.1, -0.05) is 29.3 Å². The van der Waals surface area contributed by atoms with E-state index in [1.165, 1.54) is 43.3 Å². The zero-order valence-electron chi connectivity index (χ0n) is 14.2. The summed E-state index contributed by atoms with van der Waals surface area (Å²) in [6, 6.07) is 8.24. The number of nitrogens with one attached hydrogen (secondary N) is 1. The van der Waals surface area contributed by atoms with E-state index in [-0.39, 0.29) is 22.1 Å². The summed E-state index contributed by atoms with van der Waals surface area (Å²) in [4.78, 5) is 22.9. The minimum Gasteiger partial charge on any atom is -0.323 e. The van der Waals surface area contributed by atoms with Crippen LogP contribution in [0.1, 0.15) is 6.92 Å². The molecule has 0 saturated carbocycles. The third-order valence-corrected chi connectivity index (χ3v) is 5.38. The van der Waals surface area contributed by atoms with Crippen molar-refractivity contribution in [2.75, 3.05) is 15.9 Å². The molecule has 0 saturated heterocycles. The number of rotatable bonds is 6. The number of benzene rings is 2. The molecule has 0 heterocycles. The fraction of sp³-hybridized carbons (Fsp3) is 0.188. The highest BCUT2D eigenvalue weighted by Crippen LogP contribution is 2.28. The van der Waals surface area contributed by atoms with Gasteiger partial charge in [0, 0.05) is 17.2 Å². The number of nitro groups is 1. The molecule has 0 aromatic heterocycles. The van der Waals surface area contributed by atoms with Crippen LogP contribution in [-0.4, -0.2) is 31.5 Å². The van der Waals surface area contributed by atoms with Crippen LogP contribution in [0.25, 0.3) is 0 Å². The van der Waals surface area contributed by atoms with Crippen molar-refractivity contribution in [2.24, 2.45) is 0 Å². The quantitative estimate of drug-likeness (QED) is 0.553. The van der Waals surface area contributed by atoms with Crippen LogP contribution in [0, 0.1) is 10.1 Å². The first kappa shape index (κ1) is 20.9. The van der Waals surface area contributed by atoms with Crippen LogP contribution in [-0.2, 0) is 14.8 Å². The number of non-ortho nitro benzene ring substituents is 1. The molecule has 1 amide bonds. The van der Waals surface area contributed by atoms with Gasteiger partial charge < -0.3 is 5.32 Å². The number of hydrogen-bond donors (Lipinski definition) is 1. The molecule has 144 valence electrons. The maximum atomic E-state index is 12.6. The van der Waals surface area contributed by atoms with Gasteiger partial charge in [-0.05, 0) is 31.2 Å². The lowest BCUT2D eigenvalue weighted by molar-refractivity contribution is -0.384. The van der Waals surface area contributed by atoms with Gasteiger partial charge in [0.25, 0.3) is 5.69 Å². The molecule has 2 aromatic carbocycles. The van der Waals surface area contributed by atoms with Crippen molar-refractivity contribution in [1.82, 2.24) is 0 Å². The molecule has 1 N–H and O–H groups in total. The average molecular weight is 432 g/mol. The molecule has 1 atom stereocenters. The summed E-state index contributed by atoms with van der Waals surface area (Å²) < 4.78 is 25.3. The van der Waals surface area contributed by atoms with Crippen LogP contribution in [0.2, 0.25) is 10.0 Å². The number of nitro benzene ring substituents is 1. The summed E-state index contributed by atoms with van der Waals surface area (Å²) in [5, 5.41) is 14.0. The molecule has 2 rings (SSSR count). The van der Waals surface area contributed by atoms with E-state index in [9.17, 15) is 23.3 Å². The fourth-order valence-electron chi connectivity index (χ4n) is 2.38. The second-order valence-electron chi connectivity index (χ2n) is 5.63. The van der Waals surface area contributed by atoms with Gasteiger partial charge in [0.15, 0.2) is 0 Å². The Kier molecular flexibility index (Phi) is 6.30. The van der Waals surface area contributed by atoms with Gasteiger partial charge in [-0.25, -0.2) is 8.42 Å². The monoisotopic (exact) mass is 431 g/mol. The van der Waals surface area contributed by atoms with Gasteiger partial charge in [-0.3, -0.25) is 19.2 Å². The van der Waals surface area contributed by atoms with E-state index in [1.54, 1.807) is 0 Å². The largest absolute Gasteiger partial charge is 0.323 e. The molecular weight excluding hydrogens is 417 g/mol. The molecule has 11 heteroatoms. The summed E-state index contributed by atoms with van der Waals surface area (Å²) in [7, 11) is -3.92. The third kappa shape index (κ3) is 5.09. The third-order valence-electron chi connectivity index (χ3n) is 3.57. The molecule has 0 aliphatic heterocycles. The van der Waals surface area contributed by atoms with Crippen molar-refractivity contribution in [1.29, 1.82) is 0 Å². The van der Waals surface area contributed by atoms with E-state index >= 15 is 0 Å². The first-order chi connectivity index (χ1) is 12.5. The minimum atomic E-state index is -3.92. The number of carbonyl (C=O) groups is 1. The molecule has 2 aromatic rings. The summed E-state index contributed by atoms with van der Waals surface area (Å²) in [5.41, 5.74) is -0.0910. The molecule has 8 nitrogen and oxygen atoms in total. The van der Waals surface area contributed by atoms with E-state index in [4.69, 9.17) is 23.2 Å². The van der Waals surface area contributed by atoms with Gasteiger partial charge in [0.2, 0.25) is 15.9 Å². The minimum absolute atomic E-state index is 0.00783. The second-order valence-corrected chi connectivity index (χ2v) is 8.33. The van der Waals surface area contributed by atoms with Crippen molar-refractivity contribution in [3.05, 3.63) is 62.6 Å². The van der Waals surface area contributed by atoms with Gasteiger partial charge in [0.1, 0.15) is 6.04 Å². The van der Waals surface area contributed by atoms with E-state index in [0.29, 0.717) is 5.02 Å². The molecule has 0 bridgehead atoms. The highest BCUT2D eigenvalue weighted by Gasteiger charge is 2.30. The number of anilines is 2. The van der Waals surface area contributed by atoms with Gasteiger partial charge in [-0.15, -0.1) is 0 Å². The Labute approximate surface area is 165 Å². The number of hydrogen-bond acceptors (Lipinski definition) is 5. The first-order valence-corrected chi connectivity index (χ1v) is 10.1. The summed E-state index contributed by atoms with van der Waals surface area (Å²) in [6.07, 6.45) is 0.905. The summed E-state index contributed by atoms with van der Waals surface area (Å²) in [6.45, 7) is 1.35. The first-order valence-electron chi connectivity index (χ1n) is 7.50. The highest BCUT2D eigenvalue weighted by molar-refractivity contribution is 7.92. The molecule has 0 fully saturated rings. The summed E-state index contributed by atoms with van der Waals surface area (Å²) >= 11 is 11.9. The van der Waals surface area contributed by atoms with Gasteiger partial charge in [-0.2, -0.15) is 0 Å². The molecule has 27 heavy (non-hydrogen) atoms. The predicted octanol–water partition coefficient (Wildman–Crippen LogP) is 3.69. The van der Waals surface area contributed by atoms with Gasteiger partial charge in [0.05, 0.1) is 27.6 Å². The lowest BCUT2D eigenvalue weighted by atomic mass is 10.2. The molecule has 0 aliphatic carbocycles. The van der Waals surface area contributed by atoms with E-state index in [0.717, 1.165) is 16.6 Å². The normalized spacial score (nSPS) is 12.3. The van der Waals surface area contributed by atoms with Crippen LogP contribution in [0.15, 0.2) is 42.5 Å². The van der Waals surface area contributed by atoms with Crippen molar-refractivity contribution in [3.63, 3.8) is 0 Å². The Balaban J connectivity index is 2.39. The van der Waals surface area contributed by atoms with Crippen LogP contribution >= 0.6 is 23.2 Å². The molecule has 1 unspecified atom stereocenters. The van der Waals surface area contributed by atoms with E-state index in [2.05, 4.69) is 5.32 Å². The Morgan fingerprint density at radius 3 is 2.48 bits per heavy atom. The second kappa shape index (κ2) is 8.12.